The monoisotopic (exact) mass is 390 g/mol. The summed E-state index contributed by atoms with van der Waals surface area (Å²) in [5, 5.41) is 0. The van der Waals surface area contributed by atoms with Crippen molar-refractivity contribution in [2.75, 3.05) is 27.2 Å². The van der Waals surface area contributed by atoms with Gasteiger partial charge in [0.15, 0.2) is 0 Å². The molecule has 0 aliphatic carbocycles. The summed E-state index contributed by atoms with van der Waals surface area (Å²) in [5.41, 5.74) is 3.16. The van der Waals surface area contributed by atoms with E-state index in [4.69, 9.17) is 4.74 Å². The molecule has 2 aliphatic heterocycles. The zero-order chi connectivity index (χ0) is 20.4. The first-order chi connectivity index (χ1) is 14.1. The predicted molar refractivity (Wildman–Crippen MR) is 112 cm³/mol. The Kier molecular flexibility index (Phi) is 5.38. The highest BCUT2D eigenvalue weighted by Gasteiger charge is 2.40. The van der Waals surface area contributed by atoms with Crippen molar-refractivity contribution < 1.29 is 14.3 Å². The molecule has 1 fully saturated rings. The van der Waals surface area contributed by atoms with Gasteiger partial charge in [0, 0.05) is 20.1 Å². The highest BCUT2D eigenvalue weighted by molar-refractivity contribution is 6.35. The summed E-state index contributed by atoms with van der Waals surface area (Å²) in [5.74, 6) is 0.885. The number of nitrogens with zero attached hydrogens (tertiary/aromatic N) is 2. The average Bonchev–Trinajstić information content (AvgIpc) is 2.99. The summed E-state index contributed by atoms with van der Waals surface area (Å²) in [6.45, 7) is 1.58. The van der Waals surface area contributed by atoms with Gasteiger partial charge in [-0.05, 0) is 48.4 Å². The lowest BCUT2D eigenvalue weighted by Gasteiger charge is -2.34. The first kappa shape index (κ1) is 19.2. The number of hydrogen-bond acceptors (Lipinski definition) is 4. The van der Waals surface area contributed by atoms with Crippen LogP contribution in [0.5, 0.6) is 5.75 Å². The molecule has 4 rings (SSSR count). The van der Waals surface area contributed by atoms with Crippen molar-refractivity contribution in [1.29, 1.82) is 0 Å². The van der Waals surface area contributed by atoms with E-state index in [1.54, 1.807) is 14.2 Å². The number of likely N-dealkylation sites (N-methyl/N-ethyl adjacent to an activating group) is 1. The predicted octanol–water partition coefficient (Wildman–Crippen LogP) is 3.36. The summed E-state index contributed by atoms with van der Waals surface area (Å²) in [7, 11) is 3.17. The third kappa shape index (κ3) is 3.77. The van der Waals surface area contributed by atoms with Crippen molar-refractivity contribution in [1.82, 2.24) is 9.80 Å². The van der Waals surface area contributed by atoms with Crippen LogP contribution in [0.3, 0.4) is 0 Å². The van der Waals surface area contributed by atoms with E-state index in [9.17, 15) is 9.59 Å². The number of imide groups is 1. The Hall–Kier alpha value is -3.08. The van der Waals surface area contributed by atoms with Crippen LogP contribution in [0.15, 0.2) is 60.3 Å². The number of carbonyl (C=O) groups excluding carboxylic acids is 2. The van der Waals surface area contributed by atoms with Crippen LogP contribution in [0.4, 0.5) is 0 Å². The molecule has 2 heterocycles. The highest BCUT2D eigenvalue weighted by atomic mass is 16.5. The van der Waals surface area contributed by atoms with E-state index in [0.29, 0.717) is 17.2 Å². The standard InChI is InChI=1S/C24H26N2O3/c1-25-23(27)21(19-8-10-20(29-2)11-9-19)22(24(25)28)26-14-12-18(13-15-26)16-17-6-4-3-5-7-17/h3-11,18H,12-16H2,1-2H3. The summed E-state index contributed by atoms with van der Waals surface area (Å²) < 4.78 is 5.22. The van der Waals surface area contributed by atoms with Crippen LogP contribution in [0.2, 0.25) is 0 Å². The number of benzene rings is 2. The third-order valence-corrected chi connectivity index (χ3v) is 5.94. The second-order valence-corrected chi connectivity index (χ2v) is 7.74. The van der Waals surface area contributed by atoms with Crippen molar-refractivity contribution in [3.63, 3.8) is 0 Å². The number of hydrogen-bond donors (Lipinski definition) is 0. The summed E-state index contributed by atoms with van der Waals surface area (Å²) in [6.07, 6.45) is 3.09. The first-order valence-corrected chi connectivity index (χ1v) is 10.1. The molecule has 1 saturated heterocycles. The first-order valence-electron chi connectivity index (χ1n) is 10.1. The number of amides is 2. The fourth-order valence-corrected chi connectivity index (χ4v) is 4.25. The Morgan fingerprint density at radius 3 is 2.21 bits per heavy atom. The van der Waals surface area contributed by atoms with E-state index in [0.717, 1.165) is 43.7 Å². The van der Waals surface area contributed by atoms with Gasteiger partial charge in [0.2, 0.25) is 0 Å². The zero-order valence-electron chi connectivity index (χ0n) is 16.9. The van der Waals surface area contributed by atoms with E-state index < -0.39 is 0 Å². The van der Waals surface area contributed by atoms with E-state index >= 15 is 0 Å². The molecule has 0 spiro atoms. The van der Waals surface area contributed by atoms with Gasteiger partial charge in [0.1, 0.15) is 11.4 Å². The Labute approximate surface area is 171 Å². The molecule has 0 unspecified atom stereocenters. The van der Waals surface area contributed by atoms with Crippen LogP contribution in [0.25, 0.3) is 5.57 Å². The minimum Gasteiger partial charge on any atom is -0.497 e. The molecule has 150 valence electrons. The number of methoxy groups -OCH3 is 1. The van der Waals surface area contributed by atoms with Crippen LogP contribution in [0, 0.1) is 5.92 Å². The number of ether oxygens (including phenoxy) is 1. The minimum absolute atomic E-state index is 0.206. The minimum atomic E-state index is -0.235. The molecule has 2 aliphatic rings. The van der Waals surface area contributed by atoms with Crippen LogP contribution in [0.1, 0.15) is 24.0 Å². The second kappa shape index (κ2) is 8.11. The molecule has 2 aromatic carbocycles. The van der Waals surface area contributed by atoms with Crippen LogP contribution in [-0.2, 0) is 16.0 Å². The molecule has 0 saturated carbocycles. The molecule has 5 nitrogen and oxygen atoms in total. The molecule has 5 heteroatoms. The van der Waals surface area contributed by atoms with E-state index in [-0.39, 0.29) is 11.8 Å². The van der Waals surface area contributed by atoms with E-state index in [2.05, 4.69) is 29.2 Å². The molecule has 0 aromatic heterocycles. The Morgan fingerprint density at radius 1 is 0.931 bits per heavy atom. The Bertz CT molecular complexity index is 926. The van der Waals surface area contributed by atoms with Gasteiger partial charge in [-0.3, -0.25) is 14.5 Å². The second-order valence-electron chi connectivity index (χ2n) is 7.74. The Balaban J connectivity index is 1.55. The molecule has 0 radical (unpaired) electrons. The molecule has 0 bridgehead atoms. The van der Waals surface area contributed by atoms with Gasteiger partial charge in [0.25, 0.3) is 11.8 Å². The highest BCUT2D eigenvalue weighted by Crippen LogP contribution is 2.34. The molecule has 0 N–H and O–H groups in total. The maximum atomic E-state index is 12.9. The van der Waals surface area contributed by atoms with Gasteiger partial charge in [-0.25, -0.2) is 0 Å². The molecule has 0 atom stereocenters. The van der Waals surface area contributed by atoms with Gasteiger partial charge in [-0.2, -0.15) is 0 Å². The smallest absolute Gasteiger partial charge is 0.277 e. The van der Waals surface area contributed by atoms with Gasteiger partial charge in [0.05, 0.1) is 12.7 Å². The summed E-state index contributed by atoms with van der Waals surface area (Å²) >= 11 is 0. The normalized spacial score (nSPS) is 18.0. The largest absolute Gasteiger partial charge is 0.497 e. The average molecular weight is 390 g/mol. The van der Waals surface area contributed by atoms with Gasteiger partial charge in [-0.1, -0.05) is 42.5 Å². The molecule has 2 aromatic rings. The fourth-order valence-electron chi connectivity index (χ4n) is 4.25. The Morgan fingerprint density at radius 2 is 1.59 bits per heavy atom. The SMILES string of the molecule is COc1ccc(C2=C(N3CCC(Cc4ccccc4)CC3)C(=O)N(C)C2=O)cc1. The number of carbonyl (C=O) groups is 2. The summed E-state index contributed by atoms with van der Waals surface area (Å²) in [6, 6.07) is 17.9. The van der Waals surface area contributed by atoms with Crippen molar-refractivity contribution >= 4 is 17.4 Å². The van der Waals surface area contributed by atoms with Crippen molar-refractivity contribution in [3.8, 4) is 5.75 Å². The van der Waals surface area contributed by atoms with Crippen molar-refractivity contribution in [2.45, 2.75) is 19.3 Å². The maximum absolute atomic E-state index is 12.9. The van der Waals surface area contributed by atoms with Crippen molar-refractivity contribution in [2.24, 2.45) is 5.92 Å². The van der Waals surface area contributed by atoms with E-state index in [1.165, 1.54) is 10.5 Å². The lowest BCUT2D eigenvalue weighted by Crippen LogP contribution is -2.38. The topological polar surface area (TPSA) is 49.9 Å². The number of piperidine rings is 1. The fraction of sp³-hybridized carbons (Fsp3) is 0.333. The van der Waals surface area contributed by atoms with Gasteiger partial charge < -0.3 is 9.64 Å². The van der Waals surface area contributed by atoms with Crippen molar-refractivity contribution in [3.05, 3.63) is 71.4 Å². The molecular formula is C24H26N2O3. The molecular weight excluding hydrogens is 364 g/mol. The number of likely N-dealkylation sites (tertiary alicyclic amines) is 1. The summed E-state index contributed by atoms with van der Waals surface area (Å²) in [4.78, 5) is 29.0. The third-order valence-electron chi connectivity index (χ3n) is 5.94. The van der Waals surface area contributed by atoms with Gasteiger partial charge >= 0.3 is 0 Å². The van der Waals surface area contributed by atoms with Crippen LogP contribution in [-0.4, -0.2) is 48.9 Å². The van der Waals surface area contributed by atoms with Crippen LogP contribution >= 0.6 is 0 Å². The lowest BCUT2D eigenvalue weighted by atomic mass is 9.89. The van der Waals surface area contributed by atoms with Gasteiger partial charge in [-0.15, -0.1) is 0 Å². The zero-order valence-corrected chi connectivity index (χ0v) is 16.9. The lowest BCUT2D eigenvalue weighted by molar-refractivity contribution is -0.136. The van der Waals surface area contributed by atoms with Crippen LogP contribution < -0.4 is 4.74 Å². The molecule has 2 amide bonds. The number of rotatable bonds is 5. The maximum Gasteiger partial charge on any atom is 0.277 e. The molecule has 29 heavy (non-hydrogen) atoms. The van der Waals surface area contributed by atoms with E-state index in [1.807, 2.05) is 30.3 Å². The quantitative estimate of drug-likeness (QED) is 0.735.